The summed E-state index contributed by atoms with van der Waals surface area (Å²) in [4.78, 5) is 13.0. The minimum Gasteiger partial charge on any atom is -0.351 e. The normalized spacial score (nSPS) is 11.1. The molecule has 0 aliphatic carbocycles. The van der Waals surface area contributed by atoms with E-state index in [2.05, 4.69) is 29.5 Å². The van der Waals surface area contributed by atoms with Gasteiger partial charge in [0.2, 0.25) is 5.91 Å². The van der Waals surface area contributed by atoms with Gasteiger partial charge in [0.15, 0.2) is 0 Å². The van der Waals surface area contributed by atoms with Crippen molar-refractivity contribution in [1.29, 1.82) is 0 Å². The monoisotopic (exact) mass is 351 g/mol. The van der Waals surface area contributed by atoms with E-state index < -0.39 is 0 Å². The molecule has 0 atom stereocenters. The zero-order chi connectivity index (χ0) is 17.6. The Morgan fingerprint density at radius 3 is 2.72 bits per heavy atom. The molecule has 2 aromatic heterocycles. The van der Waals surface area contributed by atoms with Gasteiger partial charge in [-0.05, 0) is 36.9 Å². The van der Waals surface area contributed by atoms with E-state index in [1.807, 2.05) is 53.4 Å². The number of thiophene rings is 1. The molecule has 2 heterocycles. The van der Waals surface area contributed by atoms with E-state index in [1.54, 1.807) is 17.4 Å². The van der Waals surface area contributed by atoms with Crippen LogP contribution in [0.5, 0.6) is 0 Å². The number of carbonyl (C=O) groups is 1. The van der Waals surface area contributed by atoms with Gasteiger partial charge in [-0.25, -0.2) is 0 Å². The molecule has 3 aromatic rings. The van der Waals surface area contributed by atoms with Crippen LogP contribution in [-0.4, -0.2) is 22.2 Å². The van der Waals surface area contributed by atoms with E-state index in [1.165, 1.54) is 11.1 Å². The van der Waals surface area contributed by atoms with Gasteiger partial charge in [-0.1, -0.05) is 36.4 Å². The Kier molecular flexibility index (Phi) is 5.46. The van der Waals surface area contributed by atoms with E-state index >= 15 is 0 Å². The van der Waals surface area contributed by atoms with Crippen molar-refractivity contribution in [2.24, 2.45) is 0 Å². The molecular formula is C20H21N3OS. The second-order valence-electron chi connectivity index (χ2n) is 5.77. The van der Waals surface area contributed by atoms with Crippen LogP contribution in [0.4, 0.5) is 0 Å². The maximum Gasteiger partial charge on any atom is 0.244 e. The highest BCUT2D eigenvalue weighted by molar-refractivity contribution is 7.10. The highest BCUT2D eigenvalue weighted by atomic mass is 32.1. The standard InChI is InChI=1S/C20H21N3OS/c1-15-20(17-7-4-3-5-8-17)16(2)23(22-15)13-12-21-19(24)11-10-18-9-6-14-25-18/h3-11,14H,12-13H2,1-2H3,(H,21,24). The summed E-state index contributed by atoms with van der Waals surface area (Å²) in [7, 11) is 0. The first-order chi connectivity index (χ1) is 12.1. The summed E-state index contributed by atoms with van der Waals surface area (Å²) in [5.74, 6) is -0.0850. The summed E-state index contributed by atoms with van der Waals surface area (Å²) in [6.45, 7) is 5.29. The second kappa shape index (κ2) is 7.94. The first-order valence-electron chi connectivity index (χ1n) is 8.24. The molecule has 1 aromatic carbocycles. The minimum atomic E-state index is -0.0850. The fourth-order valence-electron chi connectivity index (χ4n) is 2.83. The van der Waals surface area contributed by atoms with Crippen LogP contribution in [0.25, 0.3) is 17.2 Å². The van der Waals surface area contributed by atoms with Crippen molar-refractivity contribution in [3.63, 3.8) is 0 Å². The van der Waals surface area contributed by atoms with Gasteiger partial charge in [-0.3, -0.25) is 9.48 Å². The smallest absolute Gasteiger partial charge is 0.244 e. The average molecular weight is 351 g/mol. The lowest BCUT2D eigenvalue weighted by Gasteiger charge is -2.06. The number of nitrogens with one attached hydrogen (secondary N) is 1. The highest BCUT2D eigenvalue weighted by Gasteiger charge is 2.12. The number of hydrogen-bond donors (Lipinski definition) is 1. The van der Waals surface area contributed by atoms with Crippen molar-refractivity contribution < 1.29 is 4.79 Å². The lowest BCUT2D eigenvalue weighted by molar-refractivity contribution is -0.116. The van der Waals surface area contributed by atoms with Crippen LogP contribution in [0.15, 0.2) is 53.9 Å². The molecule has 25 heavy (non-hydrogen) atoms. The number of aromatic nitrogens is 2. The Balaban J connectivity index is 1.60. The van der Waals surface area contributed by atoms with Gasteiger partial charge in [0.1, 0.15) is 0 Å². The van der Waals surface area contributed by atoms with Crippen LogP contribution in [-0.2, 0) is 11.3 Å². The Morgan fingerprint density at radius 1 is 1.20 bits per heavy atom. The van der Waals surface area contributed by atoms with Gasteiger partial charge in [0.25, 0.3) is 0 Å². The fraction of sp³-hybridized carbons (Fsp3) is 0.200. The second-order valence-corrected chi connectivity index (χ2v) is 6.75. The largest absolute Gasteiger partial charge is 0.351 e. The predicted octanol–water partition coefficient (Wildman–Crippen LogP) is 4.06. The Bertz CT molecular complexity index is 864. The quantitative estimate of drug-likeness (QED) is 0.681. The van der Waals surface area contributed by atoms with Crippen molar-refractivity contribution >= 4 is 23.3 Å². The van der Waals surface area contributed by atoms with Crippen molar-refractivity contribution in [2.75, 3.05) is 6.54 Å². The first kappa shape index (κ1) is 17.2. The SMILES string of the molecule is Cc1nn(CCNC(=O)C=Cc2cccs2)c(C)c1-c1ccccc1. The van der Waals surface area contributed by atoms with Gasteiger partial charge in [-0.2, -0.15) is 5.10 Å². The average Bonchev–Trinajstić information content (AvgIpc) is 3.22. The van der Waals surface area contributed by atoms with Gasteiger partial charge in [0.05, 0.1) is 12.2 Å². The molecule has 0 saturated heterocycles. The summed E-state index contributed by atoms with van der Waals surface area (Å²) in [6.07, 6.45) is 3.40. The third kappa shape index (κ3) is 4.25. The number of amides is 1. The molecule has 4 nitrogen and oxygen atoms in total. The molecule has 1 N–H and O–H groups in total. The van der Waals surface area contributed by atoms with E-state index in [0.717, 1.165) is 16.3 Å². The lowest BCUT2D eigenvalue weighted by atomic mass is 10.0. The number of aryl methyl sites for hydroxylation is 1. The summed E-state index contributed by atoms with van der Waals surface area (Å²) < 4.78 is 1.96. The zero-order valence-corrected chi connectivity index (χ0v) is 15.2. The summed E-state index contributed by atoms with van der Waals surface area (Å²) in [6, 6.07) is 14.2. The number of rotatable bonds is 6. The molecule has 128 valence electrons. The summed E-state index contributed by atoms with van der Waals surface area (Å²) >= 11 is 1.61. The molecule has 5 heteroatoms. The minimum absolute atomic E-state index is 0.0850. The molecule has 0 unspecified atom stereocenters. The predicted molar refractivity (Wildman–Crippen MR) is 103 cm³/mol. The molecule has 0 fully saturated rings. The zero-order valence-electron chi connectivity index (χ0n) is 14.4. The van der Waals surface area contributed by atoms with Crippen LogP contribution in [0.3, 0.4) is 0 Å². The molecule has 0 radical (unpaired) electrons. The van der Waals surface area contributed by atoms with Gasteiger partial charge < -0.3 is 5.32 Å². The number of nitrogens with zero attached hydrogens (tertiary/aromatic N) is 2. The number of benzene rings is 1. The Hall–Kier alpha value is -2.66. The molecule has 0 aliphatic rings. The number of hydrogen-bond acceptors (Lipinski definition) is 3. The van der Waals surface area contributed by atoms with Crippen molar-refractivity contribution in [3.05, 3.63) is 70.2 Å². The third-order valence-corrected chi connectivity index (χ3v) is 4.85. The molecule has 0 saturated carbocycles. The molecule has 1 amide bonds. The van der Waals surface area contributed by atoms with Crippen molar-refractivity contribution in [1.82, 2.24) is 15.1 Å². The van der Waals surface area contributed by atoms with Crippen LogP contribution >= 0.6 is 11.3 Å². The Morgan fingerprint density at radius 2 is 2.00 bits per heavy atom. The topological polar surface area (TPSA) is 46.9 Å². The number of carbonyl (C=O) groups excluding carboxylic acids is 1. The van der Waals surface area contributed by atoms with Crippen LogP contribution in [0.1, 0.15) is 16.3 Å². The highest BCUT2D eigenvalue weighted by Crippen LogP contribution is 2.26. The third-order valence-electron chi connectivity index (χ3n) is 4.01. The van der Waals surface area contributed by atoms with E-state index in [4.69, 9.17) is 0 Å². The van der Waals surface area contributed by atoms with Gasteiger partial charge >= 0.3 is 0 Å². The maximum absolute atomic E-state index is 11.9. The van der Waals surface area contributed by atoms with Crippen LogP contribution in [0.2, 0.25) is 0 Å². The summed E-state index contributed by atoms with van der Waals surface area (Å²) in [5.41, 5.74) is 4.47. The van der Waals surface area contributed by atoms with Crippen LogP contribution < -0.4 is 5.32 Å². The van der Waals surface area contributed by atoms with Crippen molar-refractivity contribution in [3.8, 4) is 11.1 Å². The van der Waals surface area contributed by atoms with Gasteiger partial charge in [-0.15, -0.1) is 11.3 Å². The molecule has 0 aliphatic heterocycles. The summed E-state index contributed by atoms with van der Waals surface area (Å²) in [5, 5.41) is 9.52. The molecule has 3 rings (SSSR count). The molecular weight excluding hydrogens is 330 g/mol. The lowest BCUT2D eigenvalue weighted by Crippen LogP contribution is -2.26. The first-order valence-corrected chi connectivity index (χ1v) is 9.12. The Labute approximate surface area is 151 Å². The van der Waals surface area contributed by atoms with Crippen molar-refractivity contribution in [2.45, 2.75) is 20.4 Å². The van der Waals surface area contributed by atoms with E-state index in [0.29, 0.717) is 13.1 Å². The van der Waals surface area contributed by atoms with Crippen LogP contribution in [0, 0.1) is 13.8 Å². The van der Waals surface area contributed by atoms with E-state index in [-0.39, 0.29) is 5.91 Å². The molecule has 0 spiro atoms. The maximum atomic E-state index is 11.9. The molecule has 0 bridgehead atoms. The fourth-order valence-corrected chi connectivity index (χ4v) is 3.44. The van der Waals surface area contributed by atoms with E-state index in [9.17, 15) is 4.79 Å². The van der Waals surface area contributed by atoms with Gasteiger partial charge in [0, 0.05) is 28.8 Å².